The van der Waals surface area contributed by atoms with Gasteiger partial charge >= 0.3 is 5.97 Å². The number of carboxylic acids is 1. The first-order valence-corrected chi connectivity index (χ1v) is 4.83. The van der Waals surface area contributed by atoms with Crippen molar-refractivity contribution in [1.29, 1.82) is 0 Å². The molecule has 0 saturated heterocycles. The molecule has 0 unspecified atom stereocenters. The smallest absolute Gasteiger partial charge is 0.354 e. The van der Waals surface area contributed by atoms with Crippen molar-refractivity contribution < 1.29 is 14.7 Å². The summed E-state index contributed by atoms with van der Waals surface area (Å²) in [5.74, 6) is -1.07. The Morgan fingerprint density at radius 1 is 1.50 bits per heavy atom. The van der Waals surface area contributed by atoms with Gasteiger partial charge in [-0.3, -0.25) is 4.79 Å². The fraction of sp³-hybridized carbons (Fsp3) is 0.400. The number of carbonyl (C=O) groups is 2. The van der Waals surface area contributed by atoms with Crippen LogP contribution in [0.4, 0.5) is 0 Å². The Kier molecular flexibility index (Phi) is 3.93. The highest BCUT2D eigenvalue weighted by molar-refractivity contribution is 5.85. The van der Waals surface area contributed by atoms with E-state index in [0.29, 0.717) is 0 Å². The molecule has 0 spiro atoms. The van der Waals surface area contributed by atoms with Gasteiger partial charge in [0.1, 0.15) is 5.82 Å². The molecule has 0 atom stereocenters. The van der Waals surface area contributed by atoms with Gasteiger partial charge in [-0.05, 0) is 6.07 Å². The summed E-state index contributed by atoms with van der Waals surface area (Å²) in [5, 5.41) is 11.3. The SMILES string of the molecule is CC(C)C(=O)NCc1nccc(C(=O)O)n1. The standard InChI is InChI=1S/C10H13N3O3/c1-6(2)9(14)12-5-8-11-4-3-7(13-8)10(15)16/h3-4,6H,5H2,1-2H3,(H,12,14)(H,15,16). The number of nitrogens with one attached hydrogen (secondary N) is 1. The summed E-state index contributed by atoms with van der Waals surface area (Å²) in [7, 11) is 0. The van der Waals surface area contributed by atoms with Gasteiger partial charge in [0.2, 0.25) is 5.91 Å². The highest BCUT2D eigenvalue weighted by atomic mass is 16.4. The van der Waals surface area contributed by atoms with Crippen molar-refractivity contribution in [2.75, 3.05) is 0 Å². The molecule has 0 radical (unpaired) electrons. The van der Waals surface area contributed by atoms with E-state index in [2.05, 4.69) is 15.3 Å². The number of carboxylic acid groups (broad SMARTS) is 1. The van der Waals surface area contributed by atoms with Crippen LogP contribution in [0.1, 0.15) is 30.2 Å². The fourth-order valence-corrected chi connectivity index (χ4v) is 0.974. The number of nitrogens with zero attached hydrogens (tertiary/aromatic N) is 2. The van der Waals surface area contributed by atoms with Crippen LogP contribution in [-0.4, -0.2) is 27.0 Å². The number of rotatable bonds is 4. The van der Waals surface area contributed by atoms with Crippen LogP contribution in [0.15, 0.2) is 12.3 Å². The molecule has 0 aromatic carbocycles. The van der Waals surface area contributed by atoms with E-state index < -0.39 is 5.97 Å². The maximum atomic E-state index is 11.3. The largest absolute Gasteiger partial charge is 0.477 e. The summed E-state index contributed by atoms with van der Waals surface area (Å²) >= 11 is 0. The second-order valence-corrected chi connectivity index (χ2v) is 3.54. The fourth-order valence-electron chi connectivity index (χ4n) is 0.974. The van der Waals surface area contributed by atoms with Crippen molar-refractivity contribution >= 4 is 11.9 Å². The molecule has 1 aromatic rings. The molecule has 1 rings (SSSR count). The van der Waals surface area contributed by atoms with E-state index >= 15 is 0 Å². The minimum atomic E-state index is -1.11. The van der Waals surface area contributed by atoms with Gasteiger partial charge in [0.15, 0.2) is 5.69 Å². The van der Waals surface area contributed by atoms with E-state index in [1.807, 2.05) is 0 Å². The lowest BCUT2D eigenvalue weighted by Crippen LogP contribution is -2.28. The predicted molar refractivity (Wildman–Crippen MR) is 55.7 cm³/mol. The van der Waals surface area contributed by atoms with Crippen LogP contribution in [0.5, 0.6) is 0 Å². The van der Waals surface area contributed by atoms with E-state index in [1.54, 1.807) is 13.8 Å². The van der Waals surface area contributed by atoms with Crippen LogP contribution in [0, 0.1) is 5.92 Å². The molecule has 0 aliphatic carbocycles. The maximum Gasteiger partial charge on any atom is 0.354 e. The second kappa shape index (κ2) is 5.20. The molecule has 1 heterocycles. The van der Waals surface area contributed by atoms with Gasteiger partial charge in [0, 0.05) is 12.1 Å². The van der Waals surface area contributed by atoms with Gasteiger partial charge in [0.05, 0.1) is 6.54 Å². The first-order chi connectivity index (χ1) is 7.50. The van der Waals surface area contributed by atoms with E-state index in [4.69, 9.17) is 5.11 Å². The van der Waals surface area contributed by atoms with E-state index in [9.17, 15) is 9.59 Å². The third-order valence-corrected chi connectivity index (χ3v) is 1.87. The summed E-state index contributed by atoms with van der Waals surface area (Å²) < 4.78 is 0. The molecule has 2 N–H and O–H groups in total. The van der Waals surface area contributed by atoms with E-state index in [0.717, 1.165) is 0 Å². The van der Waals surface area contributed by atoms with Gasteiger partial charge in [-0.2, -0.15) is 0 Å². The van der Waals surface area contributed by atoms with Crippen molar-refractivity contribution in [3.63, 3.8) is 0 Å². The van der Waals surface area contributed by atoms with Crippen LogP contribution < -0.4 is 5.32 Å². The maximum absolute atomic E-state index is 11.3. The minimum Gasteiger partial charge on any atom is -0.477 e. The van der Waals surface area contributed by atoms with Crippen LogP contribution in [0.3, 0.4) is 0 Å². The number of aromatic carboxylic acids is 1. The molecule has 0 fully saturated rings. The lowest BCUT2D eigenvalue weighted by molar-refractivity contribution is -0.124. The summed E-state index contributed by atoms with van der Waals surface area (Å²) in [6.45, 7) is 3.67. The molecule has 0 aliphatic heterocycles. The molecule has 0 bridgehead atoms. The molecular weight excluding hydrogens is 210 g/mol. The van der Waals surface area contributed by atoms with Crippen molar-refractivity contribution in [3.8, 4) is 0 Å². The molecule has 0 saturated carbocycles. The summed E-state index contributed by atoms with van der Waals surface area (Å²) in [4.78, 5) is 29.5. The number of amides is 1. The Bertz CT molecular complexity index is 404. The molecule has 1 aromatic heterocycles. The summed E-state index contributed by atoms with van der Waals surface area (Å²) in [6, 6.07) is 1.30. The molecule has 86 valence electrons. The predicted octanol–water partition coefficient (Wildman–Crippen LogP) is 0.447. The highest BCUT2D eigenvalue weighted by Gasteiger charge is 2.09. The van der Waals surface area contributed by atoms with Gasteiger partial charge < -0.3 is 10.4 Å². The lowest BCUT2D eigenvalue weighted by atomic mass is 10.2. The molecule has 1 amide bonds. The molecular formula is C10H13N3O3. The zero-order valence-electron chi connectivity index (χ0n) is 9.10. The minimum absolute atomic E-state index is 0.0798. The monoisotopic (exact) mass is 223 g/mol. The Hall–Kier alpha value is -1.98. The van der Waals surface area contributed by atoms with Gasteiger partial charge in [-0.15, -0.1) is 0 Å². The Morgan fingerprint density at radius 3 is 2.75 bits per heavy atom. The quantitative estimate of drug-likeness (QED) is 0.773. The van der Waals surface area contributed by atoms with E-state index in [1.165, 1.54) is 12.3 Å². The first kappa shape index (κ1) is 12.1. The Labute approximate surface area is 92.7 Å². The van der Waals surface area contributed by atoms with Gasteiger partial charge in [-0.1, -0.05) is 13.8 Å². The van der Waals surface area contributed by atoms with Crippen molar-refractivity contribution in [2.45, 2.75) is 20.4 Å². The molecule has 6 heteroatoms. The van der Waals surface area contributed by atoms with Crippen molar-refractivity contribution in [2.24, 2.45) is 5.92 Å². The molecule has 0 aliphatic rings. The van der Waals surface area contributed by atoms with Crippen LogP contribution >= 0.6 is 0 Å². The van der Waals surface area contributed by atoms with Crippen LogP contribution in [0.25, 0.3) is 0 Å². The van der Waals surface area contributed by atoms with E-state index in [-0.39, 0.29) is 29.9 Å². The highest BCUT2D eigenvalue weighted by Crippen LogP contribution is 1.97. The zero-order valence-corrected chi connectivity index (χ0v) is 9.10. The van der Waals surface area contributed by atoms with Crippen LogP contribution in [-0.2, 0) is 11.3 Å². The number of hydrogen-bond donors (Lipinski definition) is 2. The second-order valence-electron chi connectivity index (χ2n) is 3.54. The summed E-state index contributed by atoms with van der Waals surface area (Å²) in [5.41, 5.74) is -0.0798. The average molecular weight is 223 g/mol. The number of hydrogen-bond acceptors (Lipinski definition) is 4. The summed E-state index contributed by atoms with van der Waals surface area (Å²) in [6.07, 6.45) is 1.35. The molecule has 16 heavy (non-hydrogen) atoms. The van der Waals surface area contributed by atoms with Crippen LogP contribution in [0.2, 0.25) is 0 Å². The topological polar surface area (TPSA) is 92.2 Å². The number of aromatic nitrogens is 2. The van der Waals surface area contributed by atoms with Gasteiger partial charge in [-0.25, -0.2) is 14.8 Å². The third kappa shape index (κ3) is 3.30. The molecule has 6 nitrogen and oxygen atoms in total. The Morgan fingerprint density at radius 2 is 2.19 bits per heavy atom. The Balaban J connectivity index is 2.64. The normalized spacial score (nSPS) is 10.2. The third-order valence-electron chi connectivity index (χ3n) is 1.87. The average Bonchev–Trinajstić information content (AvgIpc) is 2.26. The zero-order chi connectivity index (χ0) is 12.1. The lowest BCUT2D eigenvalue weighted by Gasteiger charge is -2.06. The van der Waals surface area contributed by atoms with Crippen molar-refractivity contribution in [1.82, 2.24) is 15.3 Å². The van der Waals surface area contributed by atoms with Gasteiger partial charge in [0.25, 0.3) is 0 Å². The first-order valence-electron chi connectivity index (χ1n) is 4.83. The van der Waals surface area contributed by atoms with Crippen molar-refractivity contribution in [3.05, 3.63) is 23.8 Å². The number of carbonyl (C=O) groups excluding carboxylic acids is 1.